The van der Waals surface area contributed by atoms with Crippen LogP contribution in [-0.4, -0.2) is 20.7 Å². The summed E-state index contributed by atoms with van der Waals surface area (Å²) in [6, 6.07) is 12.5. The molecule has 126 valence electrons. The first-order valence-corrected chi connectivity index (χ1v) is 7.90. The van der Waals surface area contributed by atoms with Crippen molar-refractivity contribution in [3.05, 3.63) is 80.9 Å². The molecular weight excluding hydrogens is 340 g/mol. The van der Waals surface area contributed by atoms with Gasteiger partial charge in [0.25, 0.3) is 11.5 Å². The molecular formula is C18H15ClN4O2. The molecule has 2 aromatic heterocycles. The summed E-state index contributed by atoms with van der Waals surface area (Å²) in [5.41, 5.74) is 7.92. The van der Waals surface area contributed by atoms with E-state index in [9.17, 15) is 9.59 Å². The molecule has 0 radical (unpaired) electrons. The van der Waals surface area contributed by atoms with Crippen LogP contribution in [0.1, 0.15) is 21.6 Å². The minimum absolute atomic E-state index is 0.0139. The first-order chi connectivity index (χ1) is 11.9. The number of halogens is 1. The summed E-state index contributed by atoms with van der Waals surface area (Å²) in [5, 5.41) is 4.61. The summed E-state index contributed by atoms with van der Waals surface area (Å²) in [6.07, 6.45) is 2.40. The molecule has 0 bridgehead atoms. The van der Waals surface area contributed by atoms with Crippen LogP contribution in [0.2, 0.25) is 5.02 Å². The van der Waals surface area contributed by atoms with Gasteiger partial charge in [-0.2, -0.15) is 5.10 Å². The highest BCUT2D eigenvalue weighted by Crippen LogP contribution is 2.20. The number of carbonyl (C=O) groups is 1. The van der Waals surface area contributed by atoms with E-state index in [1.165, 1.54) is 13.1 Å². The van der Waals surface area contributed by atoms with Gasteiger partial charge in [-0.15, -0.1) is 0 Å². The Morgan fingerprint density at radius 3 is 2.44 bits per heavy atom. The van der Waals surface area contributed by atoms with Crippen LogP contribution in [0, 0.1) is 0 Å². The zero-order chi connectivity index (χ0) is 18.0. The molecule has 3 rings (SSSR count). The summed E-state index contributed by atoms with van der Waals surface area (Å²) in [5.74, 6) is -0.711. The normalized spacial score (nSPS) is 10.6. The molecule has 2 N–H and O–H groups in total. The quantitative estimate of drug-likeness (QED) is 0.777. The number of hydrogen-bond acceptors (Lipinski definition) is 4. The number of rotatable bonds is 4. The third-order valence-corrected chi connectivity index (χ3v) is 4.00. The second-order valence-corrected chi connectivity index (χ2v) is 6.02. The first-order valence-electron chi connectivity index (χ1n) is 7.52. The van der Waals surface area contributed by atoms with Crippen molar-refractivity contribution in [2.45, 2.75) is 6.42 Å². The van der Waals surface area contributed by atoms with E-state index in [1.807, 2.05) is 30.3 Å². The fourth-order valence-electron chi connectivity index (χ4n) is 2.44. The lowest BCUT2D eigenvalue weighted by Gasteiger charge is -2.08. The van der Waals surface area contributed by atoms with E-state index in [1.54, 1.807) is 12.3 Å². The van der Waals surface area contributed by atoms with Crippen molar-refractivity contribution >= 4 is 17.5 Å². The van der Waals surface area contributed by atoms with Gasteiger partial charge in [-0.1, -0.05) is 29.8 Å². The van der Waals surface area contributed by atoms with E-state index >= 15 is 0 Å². The Morgan fingerprint density at radius 2 is 1.84 bits per heavy atom. The molecule has 25 heavy (non-hydrogen) atoms. The van der Waals surface area contributed by atoms with Crippen molar-refractivity contribution in [2.24, 2.45) is 12.8 Å². The van der Waals surface area contributed by atoms with Crippen molar-refractivity contribution in [1.82, 2.24) is 14.8 Å². The van der Waals surface area contributed by atoms with Gasteiger partial charge in [-0.05, 0) is 35.7 Å². The van der Waals surface area contributed by atoms with Crippen LogP contribution < -0.4 is 11.3 Å². The van der Waals surface area contributed by atoms with Crippen LogP contribution in [0.5, 0.6) is 0 Å². The molecule has 0 aliphatic carbocycles. The smallest absolute Gasteiger partial charge is 0.269 e. The summed E-state index contributed by atoms with van der Waals surface area (Å²) in [6.45, 7) is 0. The van der Waals surface area contributed by atoms with Crippen LogP contribution in [0.3, 0.4) is 0 Å². The Hall–Kier alpha value is -2.99. The van der Waals surface area contributed by atoms with E-state index in [0.29, 0.717) is 22.7 Å². The fourth-order valence-corrected chi connectivity index (χ4v) is 2.57. The van der Waals surface area contributed by atoms with E-state index in [0.717, 1.165) is 15.8 Å². The van der Waals surface area contributed by atoms with E-state index < -0.39 is 5.91 Å². The first kappa shape index (κ1) is 16.9. The SMILES string of the molecule is Cn1nc(C(N)=O)c(-c2ccc(Cc3ccc(Cl)cc3)cn2)cc1=O. The minimum Gasteiger partial charge on any atom is -0.364 e. The predicted octanol–water partition coefficient (Wildman–Crippen LogP) is 2.19. The lowest BCUT2D eigenvalue weighted by Crippen LogP contribution is -2.25. The molecule has 6 nitrogen and oxygen atoms in total. The van der Waals surface area contributed by atoms with Gasteiger partial charge in [-0.25, -0.2) is 4.68 Å². The number of aryl methyl sites for hydroxylation is 1. The molecule has 0 aliphatic heterocycles. The van der Waals surface area contributed by atoms with Crippen LogP contribution in [-0.2, 0) is 13.5 Å². The highest BCUT2D eigenvalue weighted by Gasteiger charge is 2.15. The maximum atomic E-state index is 11.8. The maximum Gasteiger partial charge on any atom is 0.269 e. The zero-order valence-electron chi connectivity index (χ0n) is 13.4. The van der Waals surface area contributed by atoms with Crippen molar-refractivity contribution in [2.75, 3.05) is 0 Å². The number of primary amides is 1. The lowest BCUT2D eigenvalue weighted by atomic mass is 10.0. The Bertz CT molecular complexity index is 979. The minimum atomic E-state index is -0.711. The van der Waals surface area contributed by atoms with Gasteiger partial charge < -0.3 is 5.73 Å². The molecule has 0 atom stereocenters. The average Bonchev–Trinajstić information content (AvgIpc) is 2.59. The number of aromatic nitrogens is 3. The highest BCUT2D eigenvalue weighted by molar-refractivity contribution is 6.30. The van der Waals surface area contributed by atoms with Crippen molar-refractivity contribution in [3.63, 3.8) is 0 Å². The van der Waals surface area contributed by atoms with Gasteiger partial charge in [0.15, 0.2) is 5.69 Å². The molecule has 0 aliphatic rings. The third kappa shape index (κ3) is 3.75. The van der Waals surface area contributed by atoms with Gasteiger partial charge in [0, 0.05) is 29.9 Å². The molecule has 2 heterocycles. The number of pyridine rings is 1. The Kier molecular flexibility index (Phi) is 4.63. The second-order valence-electron chi connectivity index (χ2n) is 5.59. The van der Waals surface area contributed by atoms with Crippen molar-refractivity contribution in [1.29, 1.82) is 0 Å². The largest absolute Gasteiger partial charge is 0.364 e. The molecule has 7 heteroatoms. The molecule has 3 aromatic rings. The molecule has 0 saturated heterocycles. The van der Waals surface area contributed by atoms with Crippen molar-refractivity contribution < 1.29 is 4.79 Å². The Labute approximate surface area is 148 Å². The summed E-state index contributed by atoms with van der Waals surface area (Å²) >= 11 is 5.88. The Morgan fingerprint density at radius 1 is 1.16 bits per heavy atom. The third-order valence-electron chi connectivity index (χ3n) is 3.75. The number of nitrogens with zero attached hydrogens (tertiary/aromatic N) is 3. The standard InChI is InChI=1S/C18H15ClN4O2/c1-23-16(24)9-14(17(22-23)18(20)25)15-7-4-12(10-21-15)8-11-2-5-13(19)6-3-11/h2-7,9-10H,8H2,1H3,(H2,20,25). The Balaban J connectivity index is 1.92. The lowest BCUT2D eigenvalue weighted by molar-refractivity contribution is 0.0994. The zero-order valence-corrected chi connectivity index (χ0v) is 14.2. The summed E-state index contributed by atoms with van der Waals surface area (Å²) in [7, 11) is 1.46. The summed E-state index contributed by atoms with van der Waals surface area (Å²) < 4.78 is 1.07. The van der Waals surface area contributed by atoms with Crippen LogP contribution in [0.25, 0.3) is 11.3 Å². The molecule has 0 spiro atoms. The molecule has 0 fully saturated rings. The topological polar surface area (TPSA) is 90.9 Å². The molecule has 0 saturated carbocycles. The maximum absolute atomic E-state index is 11.8. The number of benzene rings is 1. The average molecular weight is 355 g/mol. The van der Waals surface area contributed by atoms with Crippen LogP contribution in [0.15, 0.2) is 53.5 Å². The van der Waals surface area contributed by atoms with Crippen LogP contribution >= 0.6 is 11.6 Å². The van der Waals surface area contributed by atoms with Gasteiger partial charge in [0.1, 0.15) is 0 Å². The van der Waals surface area contributed by atoms with E-state index in [4.69, 9.17) is 17.3 Å². The number of carbonyl (C=O) groups excluding carboxylic acids is 1. The molecule has 1 aromatic carbocycles. The number of nitrogens with two attached hydrogens (primary N) is 1. The molecule has 1 amide bonds. The highest BCUT2D eigenvalue weighted by atomic mass is 35.5. The number of amides is 1. The summed E-state index contributed by atoms with van der Waals surface area (Å²) in [4.78, 5) is 27.8. The van der Waals surface area contributed by atoms with Gasteiger partial charge in [-0.3, -0.25) is 14.6 Å². The van der Waals surface area contributed by atoms with Crippen molar-refractivity contribution in [3.8, 4) is 11.3 Å². The second kappa shape index (κ2) is 6.86. The monoisotopic (exact) mass is 354 g/mol. The van der Waals surface area contributed by atoms with Crippen LogP contribution in [0.4, 0.5) is 0 Å². The van der Waals surface area contributed by atoms with E-state index in [-0.39, 0.29) is 11.3 Å². The predicted molar refractivity (Wildman–Crippen MR) is 95.5 cm³/mol. The number of hydrogen-bond donors (Lipinski definition) is 1. The molecule has 0 unspecified atom stereocenters. The van der Waals surface area contributed by atoms with E-state index in [2.05, 4.69) is 10.1 Å². The van der Waals surface area contributed by atoms with Gasteiger partial charge in [0.2, 0.25) is 0 Å². The fraction of sp³-hybridized carbons (Fsp3) is 0.111. The van der Waals surface area contributed by atoms with Gasteiger partial charge >= 0.3 is 0 Å². The van der Waals surface area contributed by atoms with Gasteiger partial charge in [0.05, 0.1) is 5.69 Å².